The van der Waals surface area contributed by atoms with Crippen LogP contribution < -0.4 is 9.46 Å². The summed E-state index contributed by atoms with van der Waals surface area (Å²) >= 11 is 0. The third-order valence-electron chi connectivity index (χ3n) is 10.6. The van der Waals surface area contributed by atoms with E-state index in [1.165, 1.54) is 12.0 Å². The van der Waals surface area contributed by atoms with Crippen molar-refractivity contribution in [3.05, 3.63) is 53.1 Å². The molecule has 1 aromatic heterocycles. The lowest BCUT2D eigenvalue weighted by molar-refractivity contribution is -0.148. The Morgan fingerprint density at radius 1 is 1.02 bits per heavy atom. The first-order valence-electron chi connectivity index (χ1n) is 15.6. The average molecular weight is 604 g/mol. The summed E-state index contributed by atoms with van der Waals surface area (Å²) in [7, 11) is -2.03. The van der Waals surface area contributed by atoms with Crippen LogP contribution in [0, 0.1) is 5.41 Å². The topological polar surface area (TPSA) is 118 Å². The summed E-state index contributed by atoms with van der Waals surface area (Å²) in [5, 5.41) is 10.6. The molecule has 0 radical (unpaired) electrons. The van der Waals surface area contributed by atoms with E-state index < -0.39 is 32.7 Å². The summed E-state index contributed by atoms with van der Waals surface area (Å²) in [6.07, 6.45) is 7.09. The third-order valence-corrected chi connectivity index (χ3v) is 12.4. The quantitative estimate of drug-likeness (QED) is 0.435. The van der Waals surface area contributed by atoms with Crippen molar-refractivity contribution in [2.75, 3.05) is 20.2 Å². The van der Waals surface area contributed by atoms with Gasteiger partial charge in [-0.05, 0) is 79.5 Å². The number of sulfonamides is 1. The molecule has 3 saturated carbocycles. The molecule has 0 unspecified atom stereocenters. The lowest BCUT2D eigenvalue weighted by Gasteiger charge is -2.38. The number of fused-ring (bicyclic) bond motifs is 7. The molecule has 2 aliphatic heterocycles. The number of hydrogen-bond donors (Lipinski definition) is 2. The molecule has 2 amide bonds. The molecule has 226 valence electrons. The lowest BCUT2D eigenvalue weighted by atomic mass is 9.81. The van der Waals surface area contributed by atoms with Gasteiger partial charge in [-0.1, -0.05) is 25.3 Å². The van der Waals surface area contributed by atoms with Crippen molar-refractivity contribution in [3.63, 3.8) is 0 Å². The first-order valence-corrected chi connectivity index (χ1v) is 17.1. The van der Waals surface area contributed by atoms with Gasteiger partial charge in [-0.3, -0.25) is 9.59 Å². The summed E-state index contributed by atoms with van der Waals surface area (Å²) < 4.78 is 35.4. The zero-order valence-corrected chi connectivity index (χ0v) is 25.2. The van der Waals surface area contributed by atoms with E-state index >= 15 is 0 Å². The molecule has 2 aromatic carbocycles. The molecule has 43 heavy (non-hydrogen) atoms. The van der Waals surface area contributed by atoms with Crippen LogP contribution in [-0.4, -0.2) is 66.4 Å². The van der Waals surface area contributed by atoms with Gasteiger partial charge < -0.3 is 19.3 Å². The smallest absolute Gasteiger partial charge is 0.264 e. The SMILES string of the molecule is COc1ccc2c(c1)[C@@H]1C[C@]1(C(=O)N1CC(O)C1)Cn1c-2c(C2CCCCC2)c2ccc(C(=O)NS(=O)(=O)C3CC3)cc21. The van der Waals surface area contributed by atoms with Crippen molar-refractivity contribution < 1.29 is 27.9 Å². The molecule has 0 spiro atoms. The number of nitrogens with zero attached hydrogens (tertiary/aromatic N) is 2. The molecule has 3 heterocycles. The van der Waals surface area contributed by atoms with Crippen LogP contribution in [0.4, 0.5) is 0 Å². The largest absolute Gasteiger partial charge is 0.497 e. The van der Waals surface area contributed by atoms with Gasteiger partial charge in [-0.15, -0.1) is 0 Å². The van der Waals surface area contributed by atoms with Crippen LogP contribution in [0.3, 0.4) is 0 Å². The number of methoxy groups -OCH3 is 1. The van der Waals surface area contributed by atoms with Crippen molar-refractivity contribution in [1.29, 1.82) is 0 Å². The van der Waals surface area contributed by atoms with E-state index in [1.54, 1.807) is 18.1 Å². The number of aliphatic hydroxyl groups excluding tert-OH is 1. The standard InChI is InChI=1S/C33H37N3O6S/c1-42-22-8-12-24-26(14-22)27-15-33(27,32(39)35-16-21(37)17-35)18-36-28-13-20(31(38)34-43(40,41)23-9-10-23)7-11-25(28)29(30(24)36)19-5-3-2-4-6-19/h7-8,11-14,19,21,23,27,37H,2-6,9-10,15-18H2,1H3,(H,34,38)/t27-,33-/m0/s1. The summed E-state index contributed by atoms with van der Waals surface area (Å²) in [6.45, 7) is 1.17. The van der Waals surface area contributed by atoms with E-state index in [9.17, 15) is 23.1 Å². The molecule has 0 bridgehead atoms. The van der Waals surface area contributed by atoms with Gasteiger partial charge >= 0.3 is 0 Å². The van der Waals surface area contributed by atoms with Crippen LogP contribution in [0.2, 0.25) is 0 Å². The number of aromatic nitrogens is 1. The van der Waals surface area contributed by atoms with Gasteiger partial charge in [0.05, 0.1) is 29.6 Å². The fraction of sp³-hybridized carbons (Fsp3) is 0.515. The summed E-state index contributed by atoms with van der Waals surface area (Å²) in [4.78, 5) is 29.1. The zero-order chi connectivity index (χ0) is 29.7. The normalized spacial score (nSPS) is 25.3. The first-order chi connectivity index (χ1) is 20.7. The number of ether oxygens (including phenoxy) is 1. The highest BCUT2D eigenvalue weighted by Gasteiger charge is 2.64. The number of likely N-dealkylation sites (tertiary alicyclic amines) is 1. The Morgan fingerprint density at radius 3 is 2.49 bits per heavy atom. The first kappa shape index (κ1) is 27.2. The Labute approximate surface area is 251 Å². The van der Waals surface area contributed by atoms with Crippen molar-refractivity contribution in [1.82, 2.24) is 14.2 Å². The number of carbonyl (C=O) groups is 2. The van der Waals surface area contributed by atoms with E-state index in [2.05, 4.69) is 21.4 Å². The van der Waals surface area contributed by atoms with Gasteiger partial charge in [0.15, 0.2) is 0 Å². The number of aliphatic hydroxyl groups is 1. The molecule has 5 aliphatic rings. The highest BCUT2D eigenvalue weighted by atomic mass is 32.2. The number of rotatable bonds is 6. The molecular weight excluding hydrogens is 566 g/mol. The summed E-state index contributed by atoms with van der Waals surface area (Å²) in [5.74, 6) is 0.573. The summed E-state index contributed by atoms with van der Waals surface area (Å²) in [6, 6.07) is 11.7. The molecule has 3 aromatic rings. The van der Waals surface area contributed by atoms with Gasteiger partial charge in [0.25, 0.3) is 5.91 Å². The van der Waals surface area contributed by atoms with Crippen LogP contribution in [0.1, 0.15) is 84.7 Å². The van der Waals surface area contributed by atoms with E-state index in [4.69, 9.17) is 4.74 Å². The Hall–Kier alpha value is -3.37. The van der Waals surface area contributed by atoms with Gasteiger partial charge in [0.2, 0.25) is 15.9 Å². The molecule has 8 rings (SSSR count). The molecular formula is C33H37N3O6S. The maximum Gasteiger partial charge on any atom is 0.264 e. The Balaban J connectivity index is 1.33. The summed E-state index contributed by atoms with van der Waals surface area (Å²) in [5.41, 5.74) is 5.08. The third kappa shape index (κ3) is 4.23. The van der Waals surface area contributed by atoms with Crippen molar-refractivity contribution in [3.8, 4) is 17.0 Å². The minimum absolute atomic E-state index is 0.0205. The number of carbonyl (C=O) groups excluding carboxylic acids is 2. The highest BCUT2D eigenvalue weighted by Crippen LogP contribution is 2.66. The van der Waals surface area contributed by atoms with Crippen molar-refractivity contribution in [2.24, 2.45) is 5.41 Å². The Bertz CT molecular complexity index is 1780. The van der Waals surface area contributed by atoms with E-state index in [0.717, 1.165) is 59.2 Å². The molecule has 2 N–H and O–H groups in total. The molecule has 4 fully saturated rings. The van der Waals surface area contributed by atoms with Gasteiger partial charge in [0.1, 0.15) is 5.75 Å². The monoisotopic (exact) mass is 603 g/mol. The van der Waals surface area contributed by atoms with Crippen LogP contribution in [0.5, 0.6) is 5.75 Å². The van der Waals surface area contributed by atoms with Gasteiger partial charge in [0, 0.05) is 47.6 Å². The van der Waals surface area contributed by atoms with Crippen molar-refractivity contribution in [2.45, 2.75) is 81.1 Å². The van der Waals surface area contributed by atoms with Crippen LogP contribution in [-0.2, 0) is 21.4 Å². The molecule has 2 atom stereocenters. The molecule has 9 nitrogen and oxygen atoms in total. The highest BCUT2D eigenvalue weighted by molar-refractivity contribution is 7.91. The minimum Gasteiger partial charge on any atom is -0.497 e. The number of β-amino-alcohol motifs (C(OH)–C–C–N with tert-alkyl or cyclic N) is 1. The zero-order valence-electron chi connectivity index (χ0n) is 24.3. The fourth-order valence-corrected chi connectivity index (χ4v) is 9.31. The number of hydrogen-bond acceptors (Lipinski definition) is 6. The molecule has 10 heteroatoms. The lowest BCUT2D eigenvalue weighted by Crippen LogP contribution is -2.56. The maximum atomic E-state index is 14.1. The van der Waals surface area contributed by atoms with Gasteiger partial charge in [-0.25, -0.2) is 13.1 Å². The Kier molecular flexibility index (Phi) is 6.05. The minimum atomic E-state index is -3.69. The second kappa shape index (κ2) is 9.56. The fourth-order valence-electron chi connectivity index (χ4n) is 8.01. The van der Waals surface area contributed by atoms with Crippen LogP contribution in [0.15, 0.2) is 36.4 Å². The van der Waals surface area contributed by atoms with Gasteiger partial charge in [-0.2, -0.15) is 0 Å². The van der Waals surface area contributed by atoms with Crippen LogP contribution in [0.25, 0.3) is 22.2 Å². The second-order valence-electron chi connectivity index (χ2n) is 13.3. The van der Waals surface area contributed by atoms with Crippen LogP contribution >= 0.6 is 0 Å². The predicted molar refractivity (Wildman–Crippen MR) is 162 cm³/mol. The van der Waals surface area contributed by atoms with Crippen molar-refractivity contribution >= 4 is 32.7 Å². The molecule has 1 saturated heterocycles. The predicted octanol–water partition coefficient (Wildman–Crippen LogP) is 4.28. The Morgan fingerprint density at radius 2 is 1.79 bits per heavy atom. The second-order valence-corrected chi connectivity index (χ2v) is 15.3. The number of benzene rings is 2. The van der Waals surface area contributed by atoms with E-state index in [-0.39, 0.29) is 11.8 Å². The average Bonchev–Trinajstić information content (AvgIpc) is 3.91. The van der Waals surface area contributed by atoms with E-state index in [1.807, 2.05) is 18.2 Å². The molecule has 3 aliphatic carbocycles. The van der Waals surface area contributed by atoms with E-state index in [0.29, 0.717) is 50.4 Å². The maximum absolute atomic E-state index is 14.1. The number of amides is 2. The number of nitrogens with one attached hydrogen (secondary N) is 1.